The molecule has 0 bridgehead atoms. The van der Waals surface area contributed by atoms with Crippen LogP contribution in [0.1, 0.15) is 25.5 Å². The van der Waals surface area contributed by atoms with E-state index in [0.29, 0.717) is 23.5 Å². The van der Waals surface area contributed by atoms with Gasteiger partial charge in [-0.25, -0.2) is 4.98 Å². The first-order valence-electron chi connectivity index (χ1n) is 5.18. The van der Waals surface area contributed by atoms with E-state index in [2.05, 4.69) is 17.2 Å². The van der Waals surface area contributed by atoms with Gasteiger partial charge in [0.2, 0.25) is 5.91 Å². The Balaban J connectivity index is 1.78. The number of nitrogen functional groups attached to an aromatic ring is 1. The van der Waals surface area contributed by atoms with Crippen molar-refractivity contribution in [2.24, 2.45) is 5.92 Å². The first-order valence-corrected chi connectivity index (χ1v) is 6.06. The molecule has 0 aromatic carbocycles. The summed E-state index contributed by atoms with van der Waals surface area (Å²) in [6.07, 6.45) is 2.62. The van der Waals surface area contributed by atoms with Crippen LogP contribution in [0.15, 0.2) is 5.38 Å². The van der Waals surface area contributed by atoms with Gasteiger partial charge in [0, 0.05) is 11.4 Å². The number of thiazole rings is 1. The molecule has 5 heteroatoms. The maximum Gasteiger partial charge on any atom is 0.226 e. The zero-order valence-electron chi connectivity index (χ0n) is 8.69. The lowest BCUT2D eigenvalue weighted by atomic mass is 10.3. The van der Waals surface area contributed by atoms with Crippen LogP contribution >= 0.6 is 11.3 Å². The lowest BCUT2D eigenvalue weighted by molar-refractivity contribution is -0.120. The van der Waals surface area contributed by atoms with E-state index >= 15 is 0 Å². The summed E-state index contributed by atoms with van der Waals surface area (Å²) >= 11 is 1.37. The topological polar surface area (TPSA) is 68.0 Å². The van der Waals surface area contributed by atoms with Crippen LogP contribution < -0.4 is 11.1 Å². The second kappa shape index (κ2) is 4.18. The predicted octanol–water partition coefficient (Wildman–Crippen LogP) is 1.18. The Morgan fingerprint density at radius 2 is 2.60 bits per heavy atom. The monoisotopic (exact) mass is 225 g/mol. The largest absolute Gasteiger partial charge is 0.375 e. The number of nitrogens with one attached hydrogen (secondary N) is 1. The molecular weight excluding hydrogens is 210 g/mol. The summed E-state index contributed by atoms with van der Waals surface area (Å²) in [6.45, 7) is 2.15. The summed E-state index contributed by atoms with van der Waals surface area (Å²) in [5.41, 5.74) is 6.25. The molecule has 1 aliphatic carbocycles. The normalized spacial score (nSPS) is 23.8. The highest BCUT2D eigenvalue weighted by Gasteiger charge is 2.36. The highest BCUT2D eigenvalue weighted by Crippen LogP contribution is 2.33. The molecule has 1 heterocycles. The molecule has 0 aliphatic heterocycles. The Kier molecular flexibility index (Phi) is 2.90. The summed E-state index contributed by atoms with van der Waals surface area (Å²) in [5, 5.41) is 5.35. The van der Waals surface area contributed by atoms with Gasteiger partial charge in [0.1, 0.15) is 0 Å². The van der Waals surface area contributed by atoms with E-state index in [0.717, 1.165) is 18.5 Å². The summed E-state index contributed by atoms with van der Waals surface area (Å²) in [6, 6.07) is 0.401. The number of nitrogens with zero attached hydrogens (tertiary/aromatic N) is 1. The third-order valence-corrected chi connectivity index (χ3v) is 3.43. The Bertz CT molecular complexity index is 363. The van der Waals surface area contributed by atoms with E-state index in [1.54, 1.807) is 0 Å². The number of rotatable bonds is 4. The minimum atomic E-state index is 0.0567. The molecule has 1 amide bonds. The van der Waals surface area contributed by atoms with Gasteiger partial charge in [0.05, 0.1) is 12.1 Å². The van der Waals surface area contributed by atoms with Crippen molar-refractivity contribution in [3.8, 4) is 0 Å². The van der Waals surface area contributed by atoms with Gasteiger partial charge in [-0.3, -0.25) is 4.79 Å². The van der Waals surface area contributed by atoms with Crippen LogP contribution in [0.3, 0.4) is 0 Å². The molecule has 2 atom stereocenters. The number of anilines is 1. The minimum Gasteiger partial charge on any atom is -0.375 e. The molecule has 4 nitrogen and oxygen atoms in total. The molecule has 0 spiro atoms. The maximum atomic E-state index is 11.5. The number of carbonyl (C=O) groups is 1. The van der Waals surface area contributed by atoms with Crippen molar-refractivity contribution in [3.05, 3.63) is 11.1 Å². The molecule has 1 aromatic heterocycles. The highest BCUT2D eigenvalue weighted by atomic mass is 32.1. The number of amides is 1. The quantitative estimate of drug-likeness (QED) is 0.808. The molecule has 1 saturated carbocycles. The van der Waals surface area contributed by atoms with E-state index in [9.17, 15) is 4.79 Å². The fraction of sp³-hybridized carbons (Fsp3) is 0.600. The number of aromatic nitrogens is 1. The molecule has 1 fully saturated rings. The second-order valence-electron chi connectivity index (χ2n) is 3.93. The fourth-order valence-corrected chi connectivity index (χ4v) is 2.26. The van der Waals surface area contributed by atoms with Crippen molar-refractivity contribution in [2.45, 2.75) is 32.2 Å². The Morgan fingerprint density at radius 1 is 1.80 bits per heavy atom. The summed E-state index contributed by atoms with van der Waals surface area (Å²) in [5.74, 6) is 0.746. The van der Waals surface area contributed by atoms with Gasteiger partial charge in [-0.05, 0) is 12.3 Å². The second-order valence-corrected chi connectivity index (χ2v) is 4.82. The van der Waals surface area contributed by atoms with Crippen LogP contribution in [0.2, 0.25) is 0 Å². The van der Waals surface area contributed by atoms with Crippen LogP contribution in [0.5, 0.6) is 0 Å². The molecule has 1 aromatic rings. The molecule has 3 N–H and O–H groups in total. The van der Waals surface area contributed by atoms with Gasteiger partial charge in [-0.15, -0.1) is 11.3 Å². The van der Waals surface area contributed by atoms with E-state index < -0.39 is 0 Å². The number of hydrogen-bond donors (Lipinski definition) is 2. The average Bonchev–Trinajstić information content (AvgIpc) is 2.81. The molecule has 0 saturated heterocycles. The number of nitrogens with two attached hydrogens (primary N) is 1. The first kappa shape index (κ1) is 10.4. The predicted molar refractivity (Wildman–Crippen MR) is 60.6 cm³/mol. The summed E-state index contributed by atoms with van der Waals surface area (Å²) in [7, 11) is 0. The number of hydrogen-bond acceptors (Lipinski definition) is 4. The fourth-order valence-electron chi connectivity index (χ4n) is 1.70. The van der Waals surface area contributed by atoms with Crippen molar-refractivity contribution in [1.82, 2.24) is 10.3 Å². The highest BCUT2D eigenvalue weighted by molar-refractivity contribution is 7.13. The van der Waals surface area contributed by atoms with Gasteiger partial charge in [-0.1, -0.05) is 13.3 Å². The van der Waals surface area contributed by atoms with Crippen LogP contribution in [-0.4, -0.2) is 16.9 Å². The third kappa shape index (κ3) is 2.68. The Labute approximate surface area is 92.9 Å². The van der Waals surface area contributed by atoms with Crippen molar-refractivity contribution in [3.63, 3.8) is 0 Å². The van der Waals surface area contributed by atoms with Gasteiger partial charge < -0.3 is 11.1 Å². The molecule has 15 heavy (non-hydrogen) atoms. The average molecular weight is 225 g/mol. The lowest BCUT2D eigenvalue weighted by Gasteiger charge is -2.01. The summed E-state index contributed by atoms with van der Waals surface area (Å²) in [4.78, 5) is 15.6. The smallest absolute Gasteiger partial charge is 0.226 e. The SMILES string of the molecule is CCC1CC1NC(=O)Cc1csc(N)n1. The number of carbonyl (C=O) groups excluding carboxylic acids is 1. The van der Waals surface area contributed by atoms with Crippen LogP contribution in [0.4, 0.5) is 5.13 Å². The van der Waals surface area contributed by atoms with E-state index in [-0.39, 0.29) is 5.91 Å². The zero-order valence-corrected chi connectivity index (χ0v) is 9.51. The maximum absolute atomic E-state index is 11.5. The molecule has 2 unspecified atom stereocenters. The molecule has 1 aliphatic rings. The van der Waals surface area contributed by atoms with E-state index in [4.69, 9.17) is 5.73 Å². The third-order valence-electron chi connectivity index (χ3n) is 2.70. The van der Waals surface area contributed by atoms with Crippen molar-refractivity contribution in [1.29, 1.82) is 0 Å². The van der Waals surface area contributed by atoms with Crippen LogP contribution in [0.25, 0.3) is 0 Å². The molecular formula is C10H15N3OS. The van der Waals surface area contributed by atoms with E-state index in [1.807, 2.05) is 5.38 Å². The van der Waals surface area contributed by atoms with Gasteiger partial charge >= 0.3 is 0 Å². The van der Waals surface area contributed by atoms with Crippen molar-refractivity contribution < 1.29 is 4.79 Å². The van der Waals surface area contributed by atoms with Crippen LogP contribution in [0, 0.1) is 5.92 Å². The molecule has 2 rings (SSSR count). The summed E-state index contributed by atoms with van der Waals surface area (Å²) < 4.78 is 0. The lowest BCUT2D eigenvalue weighted by Crippen LogP contribution is -2.28. The molecule has 0 radical (unpaired) electrons. The van der Waals surface area contributed by atoms with Gasteiger partial charge in [0.15, 0.2) is 5.13 Å². The van der Waals surface area contributed by atoms with Gasteiger partial charge in [0.25, 0.3) is 0 Å². The first-order chi connectivity index (χ1) is 7.19. The zero-order chi connectivity index (χ0) is 10.8. The Morgan fingerprint density at radius 3 is 3.13 bits per heavy atom. The van der Waals surface area contributed by atoms with Crippen molar-refractivity contribution >= 4 is 22.4 Å². The Hall–Kier alpha value is -1.10. The van der Waals surface area contributed by atoms with Crippen LogP contribution in [-0.2, 0) is 11.2 Å². The molecule has 82 valence electrons. The van der Waals surface area contributed by atoms with Crippen molar-refractivity contribution in [2.75, 3.05) is 5.73 Å². The van der Waals surface area contributed by atoms with Gasteiger partial charge in [-0.2, -0.15) is 0 Å². The standard InChI is InChI=1S/C10H15N3OS/c1-2-6-3-8(6)13-9(14)4-7-5-15-10(11)12-7/h5-6,8H,2-4H2,1H3,(H2,11,12)(H,13,14). The van der Waals surface area contributed by atoms with E-state index in [1.165, 1.54) is 11.3 Å². The minimum absolute atomic E-state index is 0.0567.